The fourth-order valence-corrected chi connectivity index (χ4v) is 8.44. The van der Waals surface area contributed by atoms with E-state index >= 15 is 0 Å². The summed E-state index contributed by atoms with van der Waals surface area (Å²) in [5.74, 6) is -1.14. The highest BCUT2D eigenvalue weighted by atomic mass is 32.2. The van der Waals surface area contributed by atoms with Crippen molar-refractivity contribution in [1.82, 2.24) is 25.2 Å². The zero-order chi connectivity index (χ0) is 40.6. The molecule has 1 saturated carbocycles. The van der Waals surface area contributed by atoms with Crippen molar-refractivity contribution in [3.63, 3.8) is 0 Å². The molecule has 0 radical (unpaired) electrons. The summed E-state index contributed by atoms with van der Waals surface area (Å²) < 4.78 is 33.8. The molecule has 3 aliphatic rings. The largest absolute Gasteiger partial charge is 0.496 e. The molecule has 2 fully saturated rings. The monoisotopic (exact) mass is 794 g/mol. The van der Waals surface area contributed by atoms with Crippen molar-refractivity contribution in [3.8, 4) is 17.4 Å². The van der Waals surface area contributed by atoms with Crippen LogP contribution in [0.3, 0.4) is 0 Å². The number of carbonyl (C=O) groups is 4. The Morgan fingerprint density at radius 1 is 1.12 bits per heavy atom. The average molecular weight is 795 g/mol. The maximum absolute atomic E-state index is 14.6. The molecule has 5 N–H and O–H groups in total. The lowest BCUT2D eigenvalue weighted by Gasteiger charge is -2.34. The number of nitrogens with zero attached hydrogens (tertiary/aromatic N) is 2. The van der Waals surface area contributed by atoms with Crippen LogP contribution in [0.25, 0.3) is 10.9 Å². The van der Waals surface area contributed by atoms with Crippen molar-refractivity contribution in [2.24, 2.45) is 0 Å². The quantitative estimate of drug-likeness (QED) is 0.0896. The van der Waals surface area contributed by atoms with E-state index in [4.69, 9.17) is 30.0 Å². The van der Waals surface area contributed by atoms with Gasteiger partial charge in [0.25, 0.3) is 11.8 Å². The summed E-state index contributed by atoms with van der Waals surface area (Å²) >= 11 is 0. The van der Waals surface area contributed by atoms with Crippen LogP contribution in [0.15, 0.2) is 30.4 Å². The van der Waals surface area contributed by atoms with Gasteiger partial charge in [0.05, 0.1) is 25.3 Å². The Bertz CT molecular complexity index is 1880. The van der Waals surface area contributed by atoms with E-state index < -0.39 is 64.1 Å². The van der Waals surface area contributed by atoms with Crippen molar-refractivity contribution in [2.75, 3.05) is 13.7 Å². The fourth-order valence-electron chi connectivity index (χ4n) is 7.23. The van der Waals surface area contributed by atoms with Gasteiger partial charge >= 0.3 is 0 Å². The molecule has 56 heavy (non-hydrogen) atoms. The number of benzene rings is 1. The number of amides is 4. The highest BCUT2D eigenvalue weighted by Gasteiger charge is 2.48. The van der Waals surface area contributed by atoms with Crippen LogP contribution in [0.4, 0.5) is 0 Å². The second kappa shape index (κ2) is 18.9. The van der Waals surface area contributed by atoms with E-state index in [1.54, 1.807) is 20.1 Å². The van der Waals surface area contributed by atoms with Crippen LogP contribution in [0.2, 0.25) is 0 Å². The number of hydrogen-bond acceptors (Lipinski definition) is 11. The van der Waals surface area contributed by atoms with Crippen molar-refractivity contribution in [2.45, 2.75) is 133 Å². The Morgan fingerprint density at radius 2 is 1.88 bits per heavy atom. The fraction of sp³-hybridized carbons (Fsp3) is 0.575. The number of carbonyl (C=O) groups excluding carboxylic acids is 4. The summed E-state index contributed by atoms with van der Waals surface area (Å²) in [6, 6.07) is 3.12. The summed E-state index contributed by atoms with van der Waals surface area (Å²) in [7, 11) is -0.423. The predicted octanol–water partition coefficient (Wildman–Crippen LogP) is 4.30. The molecular weight excluding hydrogens is 739 g/mol. The van der Waals surface area contributed by atoms with E-state index in [-0.39, 0.29) is 43.6 Å². The van der Waals surface area contributed by atoms with E-state index in [0.717, 1.165) is 37.7 Å². The van der Waals surface area contributed by atoms with Crippen LogP contribution in [0.1, 0.15) is 97.0 Å². The summed E-state index contributed by atoms with van der Waals surface area (Å²) in [5, 5.41) is 21.6. The van der Waals surface area contributed by atoms with Gasteiger partial charge in [-0.25, -0.2) is 4.98 Å². The molecule has 3 heterocycles. The maximum Gasteiger partial charge on any atom is 0.286 e. The lowest BCUT2D eigenvalue weighted by molar-refractivity contribution is -0.143. The molecule has 1 unspecified atom stereocenters. The van der Waals surface area contributed by atoms with Gasteiger partial charge in [-0.1, -0.05) is 36.1 Å². The van der Waals surface area contributed by atoms with Gasteiger partial charge in [0, 0.05) is 42.5 Å². The topological polar surface area (TPSA) is 213 Å². The Hall–Kier alpha value is -4.86. The second-order valence-electron chi connectivity index (χ2n) is 15.1. The lowest BCUT2D eigenvalue weighted by Crippen LogP contribution is -2.62. The minimum Gasteiger partial charge on any atom is -0.496 e. The molecule has 0 bridgehead atoms. The average Bonchev–Trinajstić information content (AvgIpc) is 3.95. The van der Waals surface area contributed by atoms with Crippen LogP contribution in [-0.2, 0) is 34.4 Å². The Labute approximate surface area is 330 Å². The van der Waals surface area contributed by atoms with Crippen LogP contribution >= 0.6 is 0 Å². The Morgan fingerprint density at radius 3 is 2.55 bits per heavy atom. The van der Waals surface area contributed by atoms with E-state index in [2.05, 4.69) is 15.4 Å². The number of aromatic nitrogens is 1. The number of ether oxygens (including phenoxy) is 3. The van der Waals surface area contributed by atoms with Gasteiger partial charge in [0.2, 0.25) is 17.7 Å². The van der Waals surface area contributed by atoms with Crippen molar-refractivity contribution < 1.29 is 37.6 Å². The zero-order valence-corrected chi connectivity index (χ0v) is 33.8. The number of methoxy groups -OCH3 is 1. The maximum atomic E-state index is 14.6. The third kappa shape index (κ3) is 10.1. The highest BCUT2D eigenvalue weighted by Crippen LogP contribution is 2.37. The highest BCUT2D eigenvalue weighted by molar-refractivity contribution is 7.84. The molecule has 15 nitrogen and oxygen atoms in total. The molecule has 5 rings (SSSR count). The van der Waals surface area contributed by atoms with Gasteiger partial charge in [-0.2, -0.15) is 4.72 Å². The SMILES string of the molecule is CC[C@@]1(C(=O)N[SH+](=O)C2CC2)CC/C=C\CCCCC[C@H](NC(=O)C(=N)C=N)C(=O)N2C[C@H](Oc3cc(OC(C)C)nc4c(C)c(OC)ccc34)C[C@H]2C(=O)N1. The van der Waals surface area contributed by atoms with Gasteiger partial charge in [-0.3, -0.25) is 24.6 Å². The minimum atomic E-state index is -2.00. The third-order valence-electron chi connectivity index (χ3n) is 10.6. The molecule has 1 saturated heterocycles. The second-order valence-corrected chi connectivity index (χ2v) is 16.7. The van der Waals surface area contributed by atoms with Gasteiger partial charge in [-0.05, 0) is 71.4 Å². The number of fused-ring (bicyclic) bond motifs is 2. The molecular formula is C40H56N7O8S+. The van der Waals surface area contributed by atoms with Crippen molar-refractivity contribution in [1.29, 1.82) is 10.8 Å². The summed E-state index contributed by atoms with van der Waals surface area (Å²) in [6.07, 6.45) is 9.47. The molecule has 1 aliphatic carbocycles. The smallest absolute Gasteiger partial charge is 0.286 e. The minimum absolute atomic E-state index is 0.0355. The first-order valence-corrected chi connectivity index (χ1v) is 20.9. The van der Waals surface area contributed by atoms with Gasteiger partial charge in [0.1, 0.15) is 46.2 Å². The summed E-state index contributed by atoms with van der Waals surface area (Å²) in [6.45, 7) is 7.41. The Kier molecular flexibility index (Phi) is 14.2. The molecule has 304 valence electrons. The molecule has 2 aliphatic heterocycles. The number of aryl methyl sites for hydroxylation is 1. The first-order chi connectivity index (χ1) is 26.8. The van der Waals surface area contributed by atoms with Gasteiger partial charge in [-0.15, -0.1) is 0 Å². The molecule has 1 aromatic carbocycles. The number of hydrogen-bond donors (Lipinski definition) is 5. The standard InChI is InChI=1S/C40H55N7O8S/c1-6-40(39(51)46-56(52)27-15-16-27)19-13-11-9-7-8-10-12-14-30(43-36(48)29(42)22-41)38(50)47-23-26(20-31(47)37(49)45-40)55-33-21-34(54-24(2)3)44-35-25(4)32(53-5)18-17-28(33)35/h9,11,17-18,21-22,24,26-27,30-31,41-42H,6-8,10,12-16,19-20,23H2,1-5H3,(H,43,48)(H,45,49)(H,46,51,52)/p+1/b11-9-,41-22?,42-29?/t26-,30+,31+,40+,56?/m1/s1. The van der Waals surface area contributed by atoms with Crippen LogP contribution in [-0.4, -0.2) is 94.2 Å². The third-order valence-corrected chi connectivity index (χ3v) is 12.2. The van der Waals surface area contributed by atoms with E-state index in [1.165, 1.54) is 4.90 Å². The number of pyridine rings is 1. The van der Waals surface area contributed by atoms with E-state index in [9.17, 15) is 23.4 Å². The molecule has 5 atom stereocenters. The number of rotatable bonds is 12. The van der Waals surface area contributed by atoms with E-state index in [1.807, 2.05) is 45.1 Å². The molecule has 0 spiro atoms. The number of thiol groups is 1. The first-order valence-electron chi connectivity index (χ1n) is 19.6. The Balaban J connectivity index is 1.54. The predicted molar refractivity (Wildman–Crippen MR) is 215 cm³/mol. The molecule has 1 aromatic heterocycles. The van der Waals surface area contributed by atoms with E-state index in [0.29, 0.717) is 47.3 Å². The lowest BCUT2D eigenvalue weighted by atomic mass is 9.88. The summed E-state index contributed by atoms with van der Waals surface area (Å²) in [5.41, 5.74) is -0.648. The zero-order valence-electron chi connectivity index (χ0n) is 32.9. The first kappa shape index (κ1) is 42.3. The normalized spacial score (nSPS) is 24.8. The van der Waals surface area contributed by atoms with Gasteiger partial charge in [0.15, 0.2) is 11.0 Å². The molecule has 2 aromatic rings. The van der Waals surface area contributed by atoms with Crippen molar-refractivity contribution in [3.05, 3.63) is 35.9 Å². The van der Waals surface area contributed by atoms with Crippen LogP contribution in [0, 0.1) is 17.7 Å². The number of nitrogens with one attached hydrogen (secondary N) is 5. The van der Waals surface area contributed by atoms with Gasteiger partial charge < -0.3 is 35.2 Å². The molecule has 16 heteroatoms. The number of allylic oxidation sites excluding steroid dienone is 2. The van der Waals surface area contributed by atoms with Crippen LogP contribution in [0.5, 0.6) is 17.4 Å². The van der Waals surface area contributed by atoms with Crippen LogP contribution < -0.4 is 29.6 Å². The molecule has 4 amide bonds. The summed E-state index contributed by atoms with van der Waals surface area (Å²) in [4.78, 5) is 62.2. The van der Waals surface area contributed by atoms with Crippen molar-refractivity contribution >= 4 is 57.4 Å².